The number of para-hydroxylation sites is 1. The minimum atomic E-state index is -0.241. The molecule has 1 heterocycles. The number of ether oxygens (including phenoxy) is 2. The summed E-state index contributed by atoms with van der Waals surface area (Å²) < 4.78 is 10.5. The van der Waals surface area contributed by atoms with Crippen LogP contribution < -0.4 is 14.8 Å². The van der Waals surface area contributed by atoms with Gasteiger partial charge in [-0.15, -0.1) is 11.3 Å². The Bertz CT molecular complexity index is 665. The Morgan fingerprint density at radius 1 is 1.33 bits per heavy atom. The van der Waals surface area contributed by atoms with Crippen molar-refractivity contribution in [1.82, 2.24) is 4.98 Å². The van der Waals surface area contributed by atoms with Gasteiger partial charge in [0.2, 0.25) is 5.91 Å². The van der Waals surface area contributed by atoms with Crippen molar-refractivity contribution in [3.63, 3.8) is 0 Å². The monoisotopic (exact) mass is 304 g/mol. The predicted molar refractivity (Wildman–Crippen MR) is 84.1 cm³/mol. The molecular weight excluding hydrogens is 288 g/mol. The number of hydrogen-bond donors (Lipinski definition) is 1. The molecule has 2 rings (SSSR count). The number of nitrogens with zero attached hydrogens (tertiary/aromatic N) is 1. The first-order valence-corrected chi connectivity index (χ1v) is 7.14. The Labute approximate surface area is 127 Å². The molecule has 1 N–H and O–H groups in total. The van der Waals surface area contributed by atoms with E-state index < -0.39 is 0 Å². The lowest BCUT2D eigenvalue weighted by Crippen LogP contribution is -2.07. The molecule has 21 heavy (non-hydrogen) atoms. The van der Waals surface area contributed by atoms with Gasteiger partial charge in [-0.05, 0) is 19.1 Å². The Morgan fingerprint density at radius 3 is 2.76 bits per heavy atom. The fourth-order valence-corrected chi connectivity index (χ4v) is 2.46. The van der Waals surface area contributed by atoms with Crippen LogP contribution in [0.1, 0.15) is 11.3 Å². The van der Waals surface area contributed by atoms with Gasteiger partial charge in [0.1, 0.15) is 0 Å². The molecule has 0 atom stereocenters. The fourth-order valence-electron chi connectivity index (χ4n) is 1.77. The summed E-state index contributed by atoms with van der Waals surface area (Å²) in [6.07, 6.45) is 3.12. The van der Waals surface area contributed by atoms with Crippen LogP contribution in [0.5, 0.6) is 11.5 Å². The number of carbonyl (C=O) groups is 1. The number of hydrogen-bond acceptors (Lipinski definition) is 5. The van der Waals surface area contributed by atoms with Crippen molar-refractivity contribution in [3.8, 4) is 11.5 Å². The number of rotatable bonds is 5. The quantitative estimate of drug-likeness (QED) is 0.862. The summed E-state index contributed by atoms with van der Waals surface area (Å²) in [7, 11) is 3.14. The van der Waals surface area contributed by atoms with Crippen molar-refractivity contribution in [1.29, 1.82) is 0 Å². The third-order valence-electron chi connectivity index (χ3n) is 2.70. The lowest BCUT2D eigenvalue weighted by Gasteiger charge is -2.09. The van der Waals surface area contributed by atoms with E-state index in [1.54, 1.807) is 26.4 Å². The van der Waals surface area contributed by atoms with Crippen molar-refractivity contribution in [3.05, 3.63) is 40.9 Å². The van der Waals surface area contributed by atoms with Crippen LogP contribution in [0.2, 0.25) is 0 Å². The Hall–Kier alpha value is -2.34. The molecule has 1 aromatic carbocycles. The van der Waals surface area contributed by atoms with E-state index in [1.165, 1.54) is 17.4 Å². The summed E-state index contributed by atoms with van der Waals surface area (Å²) in [5.74, 6) is 0.971. The molecule has 0 aliphatic carbocycles. The van der Waals surface area contributed by atoms with Gasteiger partial charge in [-0.3, -0.25) is 10.1 Å². The SMILES string of the molecule is COc1cccc(C=CC(=O)Nc2nc(C)cs2)c1OC. The molecule has 0 aliphatic rings. The number of amides is 1. The highest BCUT2D eigenvalue weighted by atomic mass is 32.1. The van der Waals surface area contributed by atoms with Crippen LogP contribution in [0.3, 0.4) is 0 Å². The molecule has 0 fully saturated rings. The lowest BCUT2D eigenvalue weighted by atomic mass is 10.1. The highest BCUT2D eigenvalue weighted by Gasteiger charge is 2.07. The molecule has 2 aromatic rings. The first kappa shape index (κ1) is 15.1. The number of thiazole rings is 1. The Kier molecular flexibility index (Phi) is 4.94. The number of carbonyl (C=O) groups excluding carboxylic acids is 1. The highest BCUT2D eigenvalue weighted by molar-refractivity contribution is 7.13. The number of benzene rings is 1. The van der Waals surface area contributed by atoms with Gasteiger partial charge in [0.15, 0.2) is 16.6 Å². The van der Waals surface area contributed by atoms with E-state index in [0.29, 0.717) is 16.6 Å². The molecule has 0 radical (unpaired) electrons. The molecule has 0 aliphatic heterocycles. The van der Waals surface area contributed by atoms with Crippen LogP contribution in [0.25, 0.3) is 6.08 Å². The van der Waals surface area contributed by atoms with Crippen LogP contribution >= 0.6 is 11.3 Å². The molecule has 110 valence electrons. The maximum atomic E-state index is 11.8. The minimum Gasteiger partial charge on any atom is -0.493 e. The van der Waals surface area contributed by atoms with Crippen LogP contribution in [-0.2, 0) is 4.79 Å². The first-order chi connectivity index (χ1) is 10.1. The van der Waals surface area contributed by atoms with Crippen LogP contribution in [0.15, 0.2) is 29.7 Å². The molecule has 0 unspecified atom stereocenters. The average Bonchev–Trinajstić information content (AvgIpc) is 2.89. The zero-order chi connectivity index (χ0) is 15.2. The Morgan fingerprint density at radius 2 is 2.14 bits per heavy atom. The van der Waals surface area contributed by atoms with E-state index in [9.17, 15) is 4.79 Å². The van der Waals surface area contributed by atoms with Gasteiger partial charge >= 0.3 is 0 Å². The van der Waals surface area contributed by atoms with Crippen molar-refractivity contribution in [2.24, 2.45) is 0 Å². The van der Waals surface area contributed by atoms with E-state index >= 15 is 0 Å². The number of anilines is 1. The maximum Gasteiger partial charge on any atom is 0.250 e. The molecule has 5 nitrogen and oxygen atoms in total. The third-order valence-corrected chi connectivity index (χ3v) is 3.57. The minimum absolute atomic E-state index is 0.241. The molecule has 6 heteroatoms. The van der Waals surface area contributed by atoms with E-state index in [4.69, 9.17) is 9.47 Å². The molecule has 1 aromatic heterocycles. The second-order valence-corrected chi connectivity index (χ2v) is 5.06. The summed E-state index contributed by atoms with van der Waals surface area (Å²) in [4.78, 5) is 16.0. The van der Waals surface area contributed by atoms with Gasteiger partial charge in [-0.2, -0.15) is 0 Å². The number of aromatic nitrogens is 1. The molecule has 0 bridgehead atoms. The molecule has 0 spiro atoms. The Balaban J connectivity index is 2.12. The summed E-state index contributed by atoms with van der Waals surface area (Å²) in [5.41, 5.74) is 1.65. The third kappa shape index (κ3) is 3.82. The standard InChI is InChI=1S/C15H16N2O3S/c1-10-9-21-15(16-10)17-13(18)8-7-11-5-4-6-12(19-2)14(11)20-3/h4-9H,1-3H3,(H,16,17,18). The van der Waals surface area contributed by atoms with Crippen molar-refractivity contribution in [2.75, 3.05) is 19.5 Å². The summed E-state index contributed by atoms with van der Waals surface area (Å²) in [6.45, 7) is 1.88. The van der Waals surface area contributed by atoms with Gasteiger partial charge in [-0.1, -0.05) is 12.1 Å². The van der Waals surface area contributed by atoms with Crippen LogP contribution in [-0.4, -0.2) is 25.1 Å². The van der Waals surface area contributed by atoms with Gasteiger partial charge < -0.3 is 9.47 Å². The van der Waals surface area contributed by atoms with Crippen molar-refractivity contribution < 1.29 is 14.3 Å². The lowest BCUT2D eigenvalue weighted by molar-refractivity contribution is -0.111. The summed E-state index contributed by atoms with van der Waals surface area (Å²) in [5, 5.41) is 5.17. The largest absolute Gasteiger partial charge is 0.493 e. The topological polar surface area (TPSA) is 60.5 Å². The zero-order valence-corrected chi connectivity index (χ0v) is 12.9. The van der Waals surface area contributed by atoms with Crippen LogP contribution in [0, 0.1) is 6.92 Å². The number of aryl methyl sites for hydroxylation is 1. The number of methoxy groups -OCH3 is 2. The highest BCUT2D eigenvalue weighted by Crippen LogP contribution is 2.31. The average molecular weight is 304 g/mol. The van der Waals surface area contributed by atoms with E-state index in [1.807, 2.05) is 24.4 Å². The summed E-state index contributed by atoms with van der Waals surface area (Å²) >= 11 is 1.39. The van der Waals surface area contributed by atoms with Crippen molar-refractivity contribution >= 4 is 28.5 Å². The van der Waals surface area contributed by atoms with Crippen molar-refractivity contribution in [2.45, 2.75) is 6.92 Å². The molecule has 0 saturated carbocycles. The smallest absolute Gasteiger partial charge is 0.250 e. The second-order valence-electron chi connectivity index (χ2n) is 4.20. The second kappa shape index (κ2) is 6.90. The van der Waals surface area contributed by atoms with Gasteiger partial charge in [-0.25, -0.2) is 4.98 Å². The fraction of sp³-hybridized carbons (Fsp3) is 0.200. The summed E-state index contributed by atoms with van der Waals surface area (Å²) in [6, 6.07) is 5.48. The van der Waals surface area contributed by atoms with Gasteiger partial charge in [0.25, 0.3) is 0 Å². The van der Waals surface area contributed by atoms with Gasteiger partial charge in [0, 0.05) is 17.0 Å². The van der Waals surface area contributed by atoms with Crippen LogP contribution in [0.4, 0.5) is 5.13 Å². The molecule has 1 amide bonds. The van der Waals surface area contributed by atoms with E-state index in [0.717, 1.165) is 11.3 Å². The predicted octanol–water partition coefficient (Wildman–Crippen LogP) is 3.12. The van der Waals surface area contributed by atoms with Gasteiger partial charge in [0.05, 0.1) is 19.9 Å². The molecule has 0 saturated heterocycles. The van der Waals surface area contributed by atoms with E-state index in [2.05, 4.69) is 10.3 Å². The zero-order valence-electron chi connectivity index (χ0n) is 12.0. The molecular formula is C15H16N2O3S. The first-order valence-electron chi connectivity index (χ1n) is 6.26. The number of nitrogens with one attached hydrogen (secondary N) is 1. The van der Waals surface area contributed by atoms with E-state index in [-0.39, 0.29) is 5.91 Å². The maximum absolute atomic E-state index is 11.8. The normalized spacial score (nSPS) is 10.6.